The maximum atomic E-state index is 14.0. The van der Waals surface area contributed by atoms with Gasteiger partial charge in [-0.25, -0.2) is 0 Å². The lowest BCUT2D eigenvalue weighted by molar-refractivity contribution is -0.472. The second-order valence-corrected chi connectivity index (χ2v) is 5.11. The number of carbonyl (C=O) groups excluding carboxylic acids is 1. The van der Waals surface area contributed by atoms with E-state index in [0.717, 1.165) is 23.5 Å². The maximum Gasteiger partial charge on any atom is 0.462 e. The summed E-state index contributed by atoms with van der Waals surface area (Å²) in [6.45, 7) is 1.36. The van der Waals surface area contributed by atoms with E-state index in [2.05, 4.69) is 4.74 Å². The summed E-state index contributed by atoms with van der Waals surface area (Å²) in [7, 11) is 0. The second-order valence-electron chi connectivity index (χ2n) is 5.11. The fourth-order valence-corrected chi connectivity index (χ4v) is 1.57. The Bertz CT molecular complexity index is 698. The van der Waals surface area contributed by atoms with E-state index in [4.69, 9.17) is 0 Å². The Kier molecular flexibility index (Phi) is 5.77. The molecule has 0 aliphatic heterocycles. The molecule has 0 radical (unpaired) electrons. The van der Waals surface area contributed by atoms with Crippen LogP contribution >= 0.6 is 0 Å². The number of carbonyl (C=O) groups is 1. The van der Waals surface area contributed by atoms with Crippen LogP contribution in [-0.2, 0) is 9.53 Å². The molecule has 0 fully saturated rings. The van der Waals surface area contributed by atoms with E-state index in [-0.39, 0.29) is 0 Å². The molecule has 0 heterocycles. The number of rotatable bonds is 5. The van der Waals surface area contributed by atoms with Crippen LogP contribution < -0.4 is 5.32 Å². The molecule has 27 heavy (non-hydrogen) atoms. The van der Waals surface area contributed by atoms with Crippen LogP contribution in [0.15, 0.2) is 24.3 Å². The zero-order valence-corrected chi connectivity index (χ0v) is 12.8. The van der Waals surface area contributed by atoms with Crippen molar-refractivity contribution in [3.8, 4) is 0 Å². The summed E-state index contributed by atoms with van der Waals surface area (Å²) in [4.78, 5) is 11.5. The molecular weight excluding hydrogens is 411 g/mol. The molecule has 14 heteroatoms. The standard InChI is InChI=1S/C13H8F11NO2/c1-6-3-2-4-7(5-6)25-8(26)9(14,11(17,18)19)27-13(23,24)10(15,16)12(20,21)22/h2-5H,1H3,(H,25,26)/t9-/m0/s1. The Morgan fingerprint density at radius 3 is 1.81 bits per heavy atom. The predicted molar refractivity (Wildman–Crippen MR) is 66.7 cm³/mol. The number of benzene rings is 1. The minimum absolute atomic E-state index is 0.291. The molecular formula is C13H8F11NO2. The third-order valence-electron chi connectivity index (χ3n) is 2.92. The lowest BCUT2D eigenvalue weighted by atomic mass is 10.2. The van der Waals surface area contributed by atoms with E-state index in [1.54, 1.807) is 0 Å². The topological polar surface area (TPSA) is 38.3 Å². The summed E-state index contributed by atoms with van der Waals surface area (Å²) in [6, 6.07) is 4.28. The zero-order valence-electron chi connectivity index (χ0n) is 12.8. The molecule has 0 unspecified atom stereocenters. The Labute approximate surface area is 143 Å². The van der Waals surface area contributed by atoms with Gasteiger partial charge in [-0.05, 0) is 24.6 Å². The zero-order chi connectivity index (χ0) is 21.5. The Hall–Kier alpha value is -2.12. The summed E-state index contributed by atoms with van der Waals surface area (Å²) in [5.74, 6) is -16.5. The largest absolute Gasteiger partial charge is 0.462 e. The van der Waals surface area contributed by atoms with Crippen molar-refractivity contribution in [1.82, 2.24) is 0 Å². The molecule has 3 nitrogen and oxygen atoms in total. The number of nitrogens with one attached hydrogen (secondary N) is 1. The third-order valence-corrected chi connectivity index (χ3v) is 2.92. The third kappa shape index (κ3) is 4.42. The van der Waals surface area contributed by atoms with Crippen molar-refractivity contribution < 1.29 is 57.8 Å². The molecule has 1 rings (SSSR count). The van der Waals surface area contributed by atoms with Gasteiger partial charge in [0.25, 0.3) is 5.91 Å². The highest BCUT2D eigenvalue weighted by Crippen LogP contribution is 2.51. The van der Waals surface area contributed by atoms with Crippen molar-refractivity contribution in [1.29, 1.82) is 0 Å². The monoisotopic (exact) mass is 419 g/mol. The number of amides is 1. The average molecular weight is 419 g/mol. The van der Waals surface area contributed by atoms with Gasteiger partial charge in [0.2, 0.25) is 0 Å². The normalized spacial score (nSPS) is 16.0. The minimum Gasteiger partial charge on any atom is -0.321 e. The number of alkyl halides is 11. The van der Waals surface area contributed by atoms with Gasteiger partial charge in [0.15, 0.2) is 0 Å². The number of hydrogen-bond acceptors (Lipinski definition) is 2. The van der Waals surface area contributed by atoms with E-state index >= 15 is 0 Å². The molecule has 1 atom stereocenters. The van der Waals surface area contributed by atoms with Gasteiger partial charge < -0.3 is 5.32 Å². The number of halogens is 11. The molecule has 1 N–H and O–H groups in total. The summed E-state index contributed by atoms with van der Waals surface area (Å²) in [6.07, 6.45) is -20.9. The smallest absolute Gasteiger partial charge is 0.321 e. The lowest BCUT2D eigenvalue weighted by Crippen LogP contribution is -2.62. The van der Waals surface area contributed by atoms with Crippen molar-refractivity contribution in [3.63, 3.8) is 0 Å². The molecule has 0 bridgehead atoms. The second kappa shape index (κ2) is 6.80. The molecule has 0 aliphatic carbocycles. The van der Waals surface area contributed by atoms with E-state index in [9.17, 15) is 53.1 Å². The summed E-state index contributed by atoms with van der Waals surface area (Å²) in [5.41, 5.74) is -0.306. The first-order valence-electron chi connectivity index (χ1n) is 6.51. The van der Waals surface area contributed by atoms with Crippen LogP contribution in [0.25, 0.3) is 0 Å². The van der Waals surface area contributed by atoms with E-state index in [1.165, 1.54) is 13.0 Å². The van der Waals surface area contributed by atoms with E-state index < -0.39 is 41.8 Å². The van der Waals surface area contributed by atoms with Crippen LogP contribution in [0.5, 0.6) is 0 Å². The van der Waals surface area contributed by atoms with Gasteiger partial charge in [0.1, 0.15) is 0 Å². The summed E-state index contributed by atoms with van der Waals surface area (Å²) < 4.78 is 142. The molecule has 1 amide bonds. The predicted octanol–water partition coefficient (Wildman–Crippen LogP) is 4.97. The van der Waals surface area contributed by atoms with Gasteiger partial charge in [-0.2, -0.15) is 48.3 Å². The molecule has 1 aromatic carbocycles. The van der Waals surface area contributed by atoms with E-state index in [1.807, 2.05) is 0 Å². The first kappa shape index (κ1) is 22.9. The first-order valence-corrected chi connectivity index (χ1v) is 6.51. The van der Waals surface area contributed by atoms with Crippen LogP contribution in [0.1, 0.15) is 5.56 Å². The van der Waals surface area contributed by atoms with Gasteiger partial charge in [-0.15, -0.1) is 0 Å². The van der Waals surface area contributed by atoms with Crippen molar-refractivity contribution in [2.75, 3.05) is 5.32 Å². The minimum atomic E-state index is -7.23. The number of hydrogen-bond donors (Lipinski definition) is 1. The molecule has 0 spiro atoms. The molecule has 0 aromatic heterocycles. The Balaban J connectivity index is 3.30. The fourth-order valence-electron chi connectivity index (χ4n) is 1.57. The molecule has 1 aromatic rings. The average Bonchev–Trinajstić information content (AvgIpc) is 2.44. The van der Waals surface area contributed by atoms with Crippen LogP contribution in [0.3, 0.4) is 0 Å². The Morgan fingerprint density at radius 1 is 0.889 bits per heavy atom. The van der Waals surface area contributed by atoms with Gasteiger partial charge in [0.05, 0.1) is 0 Å². The van der Waals surface area contributed by atoms with Crippen LogP contribution in [0.2, 0.25) is 0 Å². The van der Waals surface area contributed by atoms with Crippen LogP contribution in [0.4, 0.5) is 54.0 Å². The van der Waals surface area contributed by atoms with Gasteiger partial charge in [-0.3, -0.25) is 9.53 Å². The number of aryl methyl sites for hydroxylation is 1. The van der Waals surface area contributed by atoms with Crippen molar-refractivity contribution in [2.24, 2.45) is 0 Å². The first-order chi connectivity index (χ1) is 11.8. The van der Waals surface area contributed by atoms with Crippen molar-refractivity contribution >= 4 is 11.6 Å². The lowest BCUT2D eigenvalue weighted by Gasteiger charge is -2.34. The number of anilines is 1. The SMILES string of the molecule is Cc1cccc(NC(=O)[C@](F)(OC(F)(F)C(F)(F)C(F)(F)F)C(F)(F)F)c1. The summed E-state index contributed by atoms with van der Waals surface area (Å²) >= 11 is 0. The molecule has 0 saturated carbocycles. The van der Waals surface area contributed by atoms with Gasteiger partial charge >= 0.3 is 30.2 Å². The molecule has 0 saturated heterocycles. The highest BCUT2D eigenvalue weighted by molar-refractivity contribution is 5.96. The highest BCUT2D eigenvalue weighted by Gasteiger charge is 2.79. The van der Waals surface area contributed by atoms with Crippen LogP contribution in [-0.4, -0.2) is 36.1 Å². The Morgan fingerprint density at radius 2 is 1.41 bits per heavy atom. The molecule has 0 aliphatic rings. The maximum absolute atomic E-state index is 14.0. The van der Waals surface area contributed by atoms with Gasteiger partial charge in [-0.1, -0.05) is 12.1 Å². The number of ether oxygens (including phenoxy) is 1. The molecule has 154 valence electrons. The van der Waals surface area contributed by atoms with E-state index in [0.29, 0.717) is 5.56 Å². The van der Waals surface area contributed by atoms with Crippen LogP contribution in [0, 0.1) is 6.92 Å². The summed E-state index contributed by atoms with van der Waals surface area (Å²) in [5, 5.41) is 1.12. The fraction of sp³-hybridized carbons (Fsp3) is 0.462. The van der Waals surface area contributed by atoms with Gasteiger partial charge in [0, 0.05) is 5.69 Å². The quantitative estimate of drug-likeness (QED) is 0.685. The highest BCUT2D eigenvalue weighted by atomic mass is 19.4. The van der Waals surface area contributed by atoms with Crippen molar-refractivity contribution in [2.45, 2.75) is 37.2 Å². The van der Waals surface area contributed by atoms with Crippen molar-refractivity contribution in [3.05, 3.63) is 29.8 Å².